The van der Waals surface area contributed by atoms with Crippen LogP contribution in [0.4, 0.5) is 4.79 Å². The first kappa shape index (κ1) is 18.9. The molecule has 1 aromatic carbocycles. The lowest BCUT2D eigenvalue weighted by molar-refractivity contribution is -0.130. The molecule has 0 bridgehead atoms. The quantitative estimate of drug-likeness (QED) is 0.781. The molecule has 0 aliphatic carbocycles. The van der Waals surface area contributed by atoms with Gasteiger partial charge in [-0.2, -0.15) is 0 Å². The van der Waals surface area contributed by atoms with Gasteiger partial charge in [0.15, 0.2) is 0 Å². The second kappa shape index (κ2) is 9.78. The molecule has 2 aliphatic rings. The average molecular weight is 347 g/mol. The molecule has 136 valence electrons. The standard InChI is InChI=1S/C11H17N3O3.C7H8O/c15-9-8-14(11(17)12-9)7-3-4-10(16)13-5-1-2-6-13;8-6-7-4-2-1-3-5-7/h1-8H2,(H,12,15,17);1-5,8H,6H2. The summed E-state index contributed by atoms with van der Waals surface area (Å²) in [4.78, 5) is 37.2. The van der Waals surface area contributed by atoms with Crippen LogP contribution in [-0.2, 0) is 16.2 Å². The van der Waals surface area contributed by atoms with E-state index >= 15 is 0 Å². The van der Waals surface area contributed by atoms with Crippen molar-refractivity contribution in [3.63, 3.8) is 0 Å². The Kier molecular flexibility index (Phi) is 7.40. The van der Waals surface area contributed by atoms with E-state index in [2.05, 4.69) is 5.32 Å². The van der Waals surface area contributed by atoms with Crippen molar-refractivity contribution in [2.24, 2.45) is 0 Å². The Morgan fingerprint density at radius 2 is 1.80 bits per heavy atom. The smallest absolute Gasteiger partial charge is 0.324 e. The van der Waals surface area contributed by atoms with E-state index in [4.69, 9.17) is 5.11 Å². The largest absolute Gasteiger partial charge is 0.392 e. The van der Waals surface area contributed by atoms with Crippen LogP contribution in [0, 0.1) is 0 Å². The number of carbonyl (C=O) groups is 3. The van der Waals surface area contributed by atoms with Gasteiger partial charge in [0.05, 0.1) is 6.61 Å². The fraction of sp³-hybridized carbons (Fsp3) is 0.500. The minimum absolute atomic E-state index is 0.122. The minimum atomic E-state index is -0.344. The van der Waals surface area contributed by atoms with Crippen LogP contribution in [0.25, 0.3) is 0 Å². The summed E-state index contributed by atoms with van der Waals surface area (Å²) in [6.07, 6.45) is 3.26. The molecule has 25 heavy (non-hydrogen) atoms. The highest BCUT2D eigenvalue weighted by molar-refractivity contribution is 6.01. The number of aliphatic hydroxyl groups excluding tert-OH is 1. The molecule has 0 atom stereocenters. The molecule has 0 radical (unpaired) electrons. The molecule has 2 fully saturated rings. The van der Waals surface area contributed by atoms with Crippen molar-refractivity contribution in [1.82, 2.24) is 15.1 Å². The van der Waals surface area contributed by atoms with Crippen LogP contribution in [0.2, 0.25) is 0 Å². The molecular formula is C18H25N3O4. The third-order valence-electron chi connectivity index (χ3n) is 4.17. The Morgan fingerprint density at radius 1 is 1.12 bits per heavy atom. The van der Waals surface area contributed by atoms with Crippen molar-refractivity contribution in [3.05, 3.63) is 35.9 Å². The fourth-order valence-corrected chi connectivity index (χ4v) is 2.79. The number of nitrogens with zero attached hydrogens (tertiary/aromatic N) is 2. The Bertz CT molecular complexity index is 585. The topological polar surface area (TPSA) is 90.0 Å². The number of nitrogens with one attached hydrogen (secondary N) is 1. The molecular weight excluding hydrogens is 322 g/mol. The zero-order chi connectivity index (χ0) is 18.1. The summed E-state index contributed by atoms with van der Waals surface area (Å²) in [5, 5.41) is 10.8. The van der Waals surface area contributed by atoms with Crippen LogP contribution < -0.4 is 5.32 Å². The van der Waals surface area contributed by atoms with Gasteiger partial charge in [0, 0.05) is 26.1 Å². The predicted octanol–water partition coefficient (Wildman–Crippen LogP) is 1.12. The van der Waals surface area contributed by atoms with Crippen LogP contribution in [0.3, 0.4) is 0 Å². The van der Waals surface area contributed by atoms with Crippen molar-refractivity contribution in [2.75, 3.05) is 26.2 Å². The zero-order valence-corrected chi connectivity index (χ0v) is 14.3. The first-order chi connectivity index (χ1) is 12.1. The summed E-state index contributed by atoms with van der Waals surface area (Å²) in [5.41, 5.74) is 0.965. The second-order valence-corrected chi connectivity index (χ2v) is 6.11. The molecule has 0 unspecified atom stereocenters. The highest BCUT2D eigenvalue weighted by Crippen LogP contribution is 2.10. The van der Waals surface area contributed by atoms with E-state index in [-0.39, 0.29) is 31.0 Å². The first-order valence-corrected chi connectivity index (χ1v) is 8.61. The zero-order valence-electron chi connectivity index (χ0n) is 14.3. The van der Waals surface area contributed by atoms with Gasteiger partial charge >= 0.3 is 6.03 Å². The van der Waals surface area contributed by atoms with Crippen molar-refractivity contribution in [2.45, 2.75) is 32.3 Å². The van der Waals surface area contributed by atoms with Gasteiger partial charge in [0.25, 0.3) is 0 Å². The summed E-state index contributed by atoms with van der Waals surface area (Å²) in [5.74, 6) is -0.102. The first-order valence-electron chi connectivity index (χ1n) is 8.61. The molecule has 2 aliphatic heterocycles. The van der Waals surface area contributed by atoms with E-state index in [1.54, 1.807) is 0 Å². The van der Waals surface area contributed by atoms with E-state index < -0.39 is 0 Å². The van der Waals surface area contributed by atoms with Crippen LogP contribution in [0.1, 0.15) is 31.2 Å². The lowest BCUT2D eigenvalue weighted by Crippen LogP contribution is -2.31. The third-order valence-corrected chi connectivity index (χ3v) is 4.17. The summed E-state index contributed by atoms with van der Waals surface area (Å²) in [7, 11) is 0. The molecule has 0 spiro atoms. The molecule has 4 amide bonds. The maximum atomic E-state index is 11.7. The van der Waals surface area contributed by atoms with Crippen LogP contribution in [0.5, 0.6) is 0 Å². The molecule has 3 rings (SSSR count). The van der Waals surface area contributed by atoms with E-state index in [9.17, 15) is 14.4 Å². The number of urea groups is 1. The Labute approximate surface area is 147 Å². The second-order valence-electron chi connectivity index (χ2n) is 6.11. The normalized spacial score (nSPS) is 16.5. The SMILES string of the molecule is O=C1CN(CCCC(=O)N2CCCC2)C(=O)N1.OCc1ccccc1. The van der Waals surface area contributed by atoms with E-state index in [1.165, 1.54) is 4.90 Å². The summed E-state index contributed by atoms with van der Waals surface area (Å²) < 4.78 is 0. The maximum absolute atomic E-state index is 11.7. The number of rotatable bonds is 5. The number of aliphatic hydroxyl groups is 1. The van der Waals surface area contributed by atoms with Gasteiger partial charge in [-0.05, 0) is 24.8 Å². The molecule has 2 saturated heterocycles. The van der Waals surface area contributed by atoms with Gasteiger partial charge in [-0.1, -0.05) is 30.3 Å². The van der Waals surface area contributed by atoms with Crippen molar-refractivity contribution < 1.29 is 19.5 Å². The Balaban J connectivity index is 0.000000236. The number of hydrogen-bond donors (Lipinski definition) is 2. The third kappa shape index (κ3) is 6.19. The number of benzene rings is 1. The average Bonchev–Trinajstić information content (AvgIpc) is 3.26. The van der Waals surface area contributed by atoms with Crippen molar-refractivity contribution in [1.29, 1.82) is 0 Å². The monoisotopic (exact) mass is 347 g/mol. The minimum Gasteiger partial charge on any atom is -0.392 e. The highest BCUT2D eigenvalue weighted by Gasteiger charge is 2.26. The number of amides is 4. The highest BCUT2D eigenvalue weighted by atomic mass is 16.3. The number of likely N-dealkylation sites (tertiary alicyclic amines) is 1. The van der Waals surface area contributed by atoms with Gasteiger partial charge in [-0.25, -0.2) is 4.79 Å². The van der Waals surface area contributed by atoms with Gasteiger partial charge in [0.2, 0.25) is 11.8 Å². The number of carbonyl (C=O) groups excluding carboxylic acids is 3. The maximum Gasteiger partial charge on any atom is 0.324 e. The molecule has 2 heterocycles. The molecule has 0 saturated carbocycles. The van der Waals surface area contributed by atoms with Gasteiger partial charge in [0.1, 0.15) is 6.54 Å². The summed E-state index contributed by atoms with van der Waals surface area (Å²) >= 11 is 0. The van der Waals surface area contributed by atoms with E-state index in [1.807, 2.05) is 35.2 Å². The van der Waals surface area contributed by atoms with Crippen molar-refractivity contribution in [3.8, 4) is 0 Å². The van der Waals surface area contributed by atoms with E-state index in [0.29, 0.717) is 19.4 Å². The molecule has 2 N–H and O–H groups in total. The van der Waals surface area contributed by atoms with Gasteiger partial charge in [-0.15, -0.1) is 0 Å². The Hall–Kier alpha value is -2.41. The molecule has 0 aromatic heterocycles. The van der Waals surface area contributed by atoms with Gasteiger partial charge in [-0.3, -0.25) is 14.9 Å². The van der Waals surface area contributed by atoms with Crippen LogP contribution >= 0.6 is 0 Å². The van der Waals surface area contributed by atoms with Gasteiger partial charge < -0.3 is 14.9 Å². The molecule has 7 nitrogen and oxygen atoms in total. The number of imide groups is 1. The summed E-state index contributed by atoms with van der Waals surface area (Å²) in [6.45, 7) is 2.46. The summed E-state index contributed by atoms with van der Waals surface area (Å²) in [6, 6.07) is 9.18. The van der Waals surface area contributed by atoms with E-state index in [0.717, 1.165) is 31.5 Å². The fourth-order valence-electron chi connectivity index (χ4n) is 2.79. The lowest BCUT2D eigenvalue weighted by Gasteiger charge is -2.16. The lowest BCUT2D eigenvalue weighted by atomic mass is 10.2. The molecule has 7 heteroatoms. The van der Waals surface area contributed by atoms with Crippen molar-refractivity contribution >= 4 is 17.8 Å². The predicted molar refractivity (Wildman–Crippen MR) is 92.5 cm³/mol. The molecule has 1 aromatic rings. The Morgan fingerprint density at radius 3 is 2.32 bits per heavy atom. The number of hydrogen-bond acceptors (Lipinski definition) is 4. The van der Waals surface area contributed by atoms with Crippen LogP contribution in [0.15, 0.2) is 30.3 Å². The van der Waals surface area contributed by atoms with Crippen LogP contribution in [-0.4, -0.2) is 58.9 Å².